The molecular formula is C22H20N6O4S. The van der Waals surface area contributed by atoms with Crippen molar-refractivity contribution in [3.8, 4) is 0 Å². The Balaban J connectivity index is 1.49. The highest BCUT2D eigenvalue weighted by atomic mass is 32.2. The highest BCUT2D eigenvalue weighted by Crippen LogP contribution is 2.19. The number of fused-ring (bicyclic) bond motifs is 1. The molecule has 4 aromatic rings. The third-order valence-electron chi connectivity index (χ3n) is 4.75. The maximum Gasteiger partial charge on any atom is 0.339 e. The lowest BCUT2D eigenvalue weighted by atomic mass is 10.1. The summed E-state index contributed by atoms with van der Waals surface area (Å²) in [6, 6.07) is 14.4. The molecule has 1 amide bonds. The van der Waals surface area contributed by atoms with Crippen molar-refractivity contribution in [2.75, 3.05) is 18.2 Å². The minimum Gasteiger partial charge on any atom is -0.465 e. The second kappa shape index (κ2) is 9.65. The summed E-state index contributed by atoms with van der Waals surface area (Å²) in [5.74, 6) is -0.718. The van der Waals surface area contributed by atoms with Gasteiger partial charge >= 0.3 is 5.97 Å². The molecule has 0 aliphatic heterocycles. The molecule has 0 atom stereocenters. The molecule has 2 heterocycles. The van der Waals surface area contributed by atoms with Crippen LogP contribution in [0.25, 0.3) is 5.78 Å². The lowest BCUT2D eigenvalue weighted by Gasteiger charge is -2.09. The number of rotatable bonds is 7. The van der Waals surface area contributed by atoms with Gasteiger partial charge < -0.3 is 10.1 Å². The van der Waals surface area contributed by atoms with Gasteiger partial charge in [0, 0.05) is 6.42 Å². The minimum absolute atomic E-state index is 0.00952. The standard InChI is InChI=1S/C22H20N6O4S/c1-13-7-9-14(10-8-13)11-17-19(30)24-21-25-26-22(28(21)27-17)33-12-18(29)23-16-6-4-3-5-15(16)20(31)32-2/h3-10H,11-12H2,1-2H3,(H,23,29)(H,24,25,30). The van der Waals surface area contributed by atoms with Crippen molar-refractivity contribution in [1.82, 2.24) is 24.8 Å². The molecule has 11 heteroatoms. The number of carbonyl (C=O) groups excluding carboxylic acids is 2. The first-order chi connectivity index (χ1) is 15.9. The number of hydrogen-bond acceptors (Lipinski definition) is 8. The van der Waals surface area contributed by atoms with Gasteiger partial charge in [-0.1, -0.05) is 53.7 Å². The van der Waals surface area contributed by atoms with Gasteiger partial charge in [-0.05, 0) is 24.6 Å². The first-order valence-corrected chi connectivity index (χ1v) is 10.9. The molecule has 0 fully saturated rings. The zero-order valence-electron chi connectivity index (χ0n) is 17.9. The number of hydrogen-bond donors (Lipinski definition) is 2. The lowest BCUT2D eigenvalue weighted by molar-refractivity contribution is -0.113. The second-order valence-electron chi connectivity index (χ2n) is 7.16. The molecule has 0 spiro atoms. The van der Waals surface area contributed by atoms with Gasteiger partial charge in [-0.2, -0.15) is 9.61 Å². The van der Waals surface area contributed by atoms with E-state index in [1.54, 1.807) is 24.3 Å². The number of aromatic amines is 1. The third-order valence-corrected chi connectivity index (χ3v) is 5.67. The predicted octanol–water partition coefficient (Wildman–Crippen LogP) is 2.23. The summed E-state index contributed by atoms with van der Waals surface area (Å²) >= 11 is 1.10. The number of H-pyrrole nitrogens is 1. The number of nitrogens with zero attached hydrogens (tertiary/aromatic N) is 4. The maximum atomic E-state index is 12.5. The molecule has 2 aromatic carbocycles. The Hall–Kier alpha value is -3.99. The SMILES string of the molecule is COC(=O)c1ccccc1NC(=O)CSc1nnc2[nH]c(=O)c(Cc3ccc(C)cc3)nn12. The molecule has 168 valence electrons. The van der Waals surface area contributed by atoms with Gasteiger partial charge in [0.1, 0.15) is 5.69 Å². The van der Waals surface area contributed by atoms with E-state index in [0.29, 0.717) is 23.0 Å². The first-order valence-electron chi connectivity index (χ1n) is 9.94. The molecule has 0 saturated carbocycles. The smallest absolute Gasteiger partial charge is 0.339 e. The number of amides is 1. The van der Waals surface area contributed by atoms with Crippen LogP contribution in [0.4, 0.5) is 5.69 Å². The molecule has 33 heavy (non-hydrogen) atoms. The van der Waals surface area contributed by atoms with E-state index in [2.05, 4.69) is 25.6 Å². The van der Waals surface area contributed by atoms with Crippen LogP contribution in [-0.2, 0) is 16.0 Å². The number of thioether (sulfide) groups is 1. The molecule has 0 aliphatic rings. The van der Waals surface area contributed by atoms with Gasteiger partial charge in [0.25, 0.3) is 11.3 Å². The molecular weight excluding hydrogens is 444 g/mol. The predicted molar refractivity (Wildman–Crippen MR) is 123 cm³/mol. The number of carbonyl (C=O) groups is 2. The van der Waals surface area contributed by atoms with Gasteiger partial charge in [0.05, 0.1) is 24.1 Å². The van der Waals surface area contributed by atoms with E-state index in [1.807, 2.05) is 31.2 Å². The van der Waals surface area contributed by atoms with Crippen LogP contribution < -0.4 is 10.9 Å². The van der Waals surface area contributed by atoms with Crippen LogP contribution in [0.5, 0.6) is 0 Å². The lowest BCUT2D eigenvalue weighted by Crippen LogP contribution is -2.19. The summed E-state index contributed by atoms with van der Waals surface area (Å²) in [7, 11) is 1.28. The van der Waals surface area contributed by atoms with Crippen molar-refractivity contribution in [3.05, 3.63) is 81.3 Å². The van der Waals surface area contributed by atoms with Crippen LogP contribution in [0.15, 0.2) is 58.5 Å². The Labute approximate surface area is 192 Å². The van der Waals surface area contributed by atoms with Crippen LogP contribution in [0, 0.1) is 6.92 Å². The monoisotopic (exact) mass is 464 g/mol. The number of aryl methyl sites for hydroxylation is 1. The van der Waals surface area contributed by atoms with Crippen molar-refractivity contribution in [2.45, 2.75) is 18.5 Å². The summed E-state index contributed by atoms with van der Waals surface area (Å²) in [6.07, 6.45) is 0.346. The normalized spacial score (nSPS) is 10.8. The molecule has 0 radical (unpaired) electrons. The fourth-order valence-corrected chi connectivity index (χ4v) is 3.76. The van der Waals surface area contributed by atoms with E-state index >= 15 is 0 Å². The van der Waals surface area contributed by atoms with Crippen molar-refractivity contribution in [3.63, 3.8) is 0 Å². The number of methoxy groups -OCH3 is 1. The molecule has 2 aromatic heterocycles. The highest BCUT2D eigenvalue weighted by molar-refractivity contribution is 7.99. The maximum absolute atomic E-state index is 12.5. The summed E-state index contributed by atoms with van der Waals surface area (Å²) in [5, 5.41) is 15.4. The van der Waals surface area contributed by atoms with E-state index < -0.39 is 5.97 Å². The number of aromatic nitrogens is 5. The second-order valence-corrected chi connectivity index (χ2v) is 8.10. The van der Waals surface area contributed by atoms with Crippen LogP contribution in [0.3, 0.4) is 0 Å². The van der Waals surface area contributed by atoms with E-state index in [4.69, 9.17) is 4.74 Å². The van der Waals surface area contributed by atoms with Gasteiger partial charge in [-0.15, -0.1) is 10.2 Å². The third kappa shape index (κ3) is 5.09. The summed E-state index contributed by atoms with van der Waals surface area (Å²) in [4.78, 5) is 39.4. The molecule has 0 aliphatic carbocycles. The number of ether oxygens (including phenoxy) is 1. The van der Waals surface area contributed by atoms with E-state index in [1.165, 1.54) is 11.6 Å². The topological polar surface area (TPSA) is 131 Å². The van der Waals surface area contributed by atoms with E-state index in [0.717, 1.165) is 22.9 Å². The van der Waals surface area contributed by atoms with Crippen molar-refractivity contribution in [1.29, 1.82) is 0 Å². The number of esters is 1. The molecule has 0 unspecified atom stereocenters. The molecule has 2 N–H and O–H groups in total. The zero-order valence-corrected chi connectivity index (χ0v) is 18.7. The first kappa shape index (κ1) is 22.2. The highest BCUT2D eigenvalue weighted by Gasteiger charge is 2.16. The Morgan fingerprint density at radius 3 is 2.64 bits per heavy atom. The van der Waals surface area contributed by atoms with Crippen molar-refractivity contribution < 1.29 is 14.3 Å². The largest absolute Gasteiger partial charge is 0.465 e. The van der Waals surface area contributed by atoms with Gasteiger partial charge in [0.15, 0.2) is 0 Å². The zero-order chi connectivity index (χ0) is 23.4. The van der Waals surface area contributed by atoms with Gasteiger partial charge in [0.2, 0.25) is 11.1 Å². The fraction of sp³-hybridized carbons (Fsp3) is 0.182. The number of benzene rings is 2. The van der Waals surface area contributed by atoms with Crippen LogP contribution >= 0.6 is 11.8 Å². The number of anilines is 1. The average Bonchev–Trinajstić information content (AvgIpc) is 3.20. The Bertz CT molecular complexity index is 1380. The number of nitrogens with one attached hydrogen (secondary N) is 2. The molecule has 0 bridgehead atoms. The van der Waals surface area contributed by atoms with Crippen LogP contribution in [-0.4, -0.2) is 49.5 Å². The van der Waals surface area contributed by atoms with Crippen LogP contribution in [0.1, 0.15) is 27.2 Å². The molecule has 0 saturated heterocycles. The van der Waals surface area contributed by atoms with Gasteiger partial charge in [-0.25, -0.2) is 4.79 Å². The minimum atomic E-state index is -0.545. The molecule has 10 nitrogen and oxygen atoms in total. The van der Waals surface area contributed by atoms with E-state index in [9.17, 15) is 14.4 Å². The number of para-hydroxylation sites is 1. The summed E-state index contributed by atoms with van der Waals surface area (Å²) in [6.45, 7) is 1.99. The average molecular weight is 465 g/mol. The Morgan fingerprint density at radius 2 is 1.88 bits per heavy atom. The summed E-state index contributed by atoms with van der Waals surface area (Å²) in [5.41, 5.74) is 2.65. The Morgan fingerprint density at radius 1 is 1.12 bits per heavy atom. The quantitative estimate of drug-likeness (QED) is 0.314. The van der Waals surface area contributed by atoms with Crippen molar-refractivity contribution in [2.24, 2.45) is 0 Å². The Kier molecular flexibility index (Phi) is 6.50. The van der Waals surface area contributed by atoms with Gasteiger partial charge in [-0.3, -0.25) is 14.6 Å². The van der Waals surface area contributed by atoms with Crippen molar-refractivity contribution >= 4 is 35.1 Å². The fourth-order valence-electron chi connectivity index (χ4n) is 3.07. The molecule has 4 rings (SSSR count). The van der Waals surface area contributed by atoms with E-state index in [-0.39, 0.29) is 28.6 Å². The van der Waals surface area contributed by atoms with Crippen LogP contribution in [0.2, 0.25) is 0 Å². The summed E-state index contributed by atoms with van der Waals surface area (Å²) < 4.78 is 6.15.